The van der Waals surface area contributed by atoms with Crippen molar-refractivity contribution in [2.75, 3.05) is 27.4 Å². The van der Waals surface area contributed by atoms with Gasteiger partial charge in [0.05, 0.1) is 0 Å². The first-order valence-electron chi connectivity index (χ1n) is 7.52. The van der Waals surface area contributed by atoms with Gasteiger partial charge in [-0.25, -0.2) is 9.89 Å². The molecule has 1 amide bonds. The predicted molar refractivity (Wildman–Crippen MR) is 84.9 cm³/mol. The van der Waals surface area contributed by atoms with E-state index in [1.165, 1.54) is 0 Å². The summed E-state index contributed by atoms with van der Waals surface area (Å²) < 4.78 is 10.7. The van der Waals surface area contributed by atoms with Crippen molar-refractivity contribution in [1.29, 1.82) is 0 Å². The molecule has 0 saturated heterocycles. The molecule has 1 aliphatic rings. The molecule has 0 aliphatic carbocycles. The topological polar surface area (TPSA) is 112 Å². The molecule has 1 aliphatic heterocycles. The van der Waals surface area contributed by atoms with Crippen LogP contribution in [-0.4, -0.2) is 53.4 Å². The van der Waals surface area contributed by atoms with Crippen LogP contribution in [0.3, 0.4) is 0 Å². The molecular weight excluding hydrogens is 314 g/mol. The highest BCUT2D eigenvalue weighted by Crippen LogP contribution is 2.35. The second kappa shape index (κ2) is 6.75. The van der Waals surface area contributed by atoms with E-state index >= 15 is 0 Å². The Balaban J connectivity index is 1.66. The molecule has 24 heavy (non-hydrogen) atoms. The number of amides is 1. The van der Waals surface area contributed by atoms with Gasteiger partial charge in [0, 0.05) is 13.0 Å². The highest BCUT2D eigenvalue weighted by atomic mass is 16.7. The molecule has 128 valence electrons. The van der Waals surface area contributed by atoms with Gasteiger partial charge in [0.15, 0.2) is 11.5 Å². The van der Waals surface area contributed by atoms with Gasteiger partial charge in [0.25, 0.3) is 0 Å². The number of hydrogen-bond acceptors (Lipinski definition) is 6. The van der Waals surface area contributed by atoms with Gasteiger partial charge in [-0.2, -0.15) is 5.10 Å². The van der Waals surface area contributed by atoms with E-state index in [-0.39, 0.29) is 18.4 Å². The third-order valence-corrected chi connectivity index (χ3v) is 3.69. The van der Waals surface area contributed by atoms with Crippen molar-refractivity contribution in [1.82, 2.24) is 25.4 Å². The number of benzene rings is 1. The lowest BCUT2D eigenvalue weighted by molar-refractivity contribution is -0.125. The molecule has 1 aromatic carbocycles. The van der Waals surface area contributed by atoms with Gasteiger partial charge < -0.3 is 14.8 Å². The number of carbonyl (C=O) groups excluding carboxylic acids is 1. The Labute approximate surface area is 138 Å². The summed E-state index contributed by atoms with van der Waals surface area (Å²) >= 11 is 0. The first-order valence-corrected chi connectivity index (χ1v) is 7.52. The monoisotopic (exact) mass is 333 g/mol. The summed E-state index contributed by atoms with van der Waals surface area (Å²) in [6.45, 7) is 0.563. The van der Waals surface area contributed by atoms with Gasteiger partial charge in [-0.3, -0.25) is 14.7 Å². The first kappa shape index (κ1) is 16.1. The molecule has 9 heteroatoms. The van der Waals surface area contributed by atoms with E-state index in [2.05, 4.69) is 20.5 Å². The fraction of sp³-hybridized carbons (Fsp3) is 0.400. The minimum atomic E-state index is -0.460. The number of H-pyrrole nitrogens is 2. The maximum Gasteiger partial charge on any atom is 0.340 e. The van der Waals surface area contributed by atoms with Crippen molar-refractivity contribution in [2.45, 2.75) is 12.5 Å². The lowest BCUT2D eigenvalue weighted by Gasteiger charge is -2.24. The Morgan fingerprint density at radius 3 is 2.88 bits per heavy atom. The van der Waals surface area contributed by atoms with Gasteiger partial charge in [-0.1, -0.05) is 6.07 Å². The van der Waals surface area contributed by atoms with E-state index < -0.39 is 6.04 Å². The van der Waals surface area contributed by atoms with Crippen LogP contribution in [0.15, 0.2) is 23.0 Å². The average Bonchev–Trinajstić information content (AvgIpc) is 3.15. The van der Waals surface area contributed by atoms with Gasteiger partial charge in [0.2, 0.25) is 12.7 Å². The maximum absolute atomic E-state index is 12.6. The zero-order valence-electron chi connectivity index (χ0n) is 13.5. The zero-order chi connectivity index (χ0) is 17.1. The molecule has 0 bridgehead atoms. The molecule has 3 N–H and O–H groups in total. The fourth-order valence-corrected chi connectivity index (χ4v) is 2.59. The molecule has 3 rings (SSSR count). The number of aromatic amines is 2. The van der Waals surface area contributed by atoms with Gasteiger partial charge in [-0.05, 0) is 31.8 Å². The summed E-state index contributed by atoms with van der Waals surface area (Å²) in [7, 11) is 3.67. The summed E-state index contributed by atoms with van der Waals surface area (Å²) in [5, 5.41) is 8.95. The van der Waals surface area contributed by atoms with Crippen molar-refractivity contribution < 1.29 is 14.3 Å². The summed E-state index contributed by atoms with van der Waals surface area (Å²) in [6, 6.07) is 5.01. The maximum atomic E-state index is 12.6. The van der Waals surface area contributed by atoms with Crippen molar-refractivity contribution >= 4 is 5.91 Å². The Kier molecular flexibility index (Phi) is 4.52. The van der Waals surface area contributed by atoms with E-state index in [1.54, 1.807) is 6.07 Å². The van der Waals surface area contributed by atoms with Crippen LogP contribution in [-0.2, 0) is 11.2 Å². The molecule has 1 aromatic heterocycles. The Morgan fingerprint density at radius 1 is 1.38 bits per heavy atom. The molecule has 2 aromatic rings. The summed E-state index contributed by atoms with van der Waals surface area (Å²) in [5.41, 5.74) is 0.456. The number of ether oxygens (including phenoxy) is 2. The zero-order valence-corrected chi connectivity index (χ0v) is 13.5. The molecule has 2 heterocycles. The van der Waals surface area contributed by atoms with Crippen LogP contribution in [0, 0.1) is 0 Å². The first-order chi connectivity index (χ1) is 11.5. The number of aromatic nitrogens is 3. The fourth-order valence-electron chi connectivity index (χ4n) is 2.59. The van der Waals surface area contributed by atoms with Crippen molar-refractivity contribution in [3.63, 3.8) is 0 Å². The smallest absolute Gasteiger partial charge is 0.340 e. The number of nitrogens with one attached hydrogen (secondary N) is 3. The number of rotatable bonds is 6. The molecule has 0 saturated carbocycles. The number of hydrogen-bond donors (Lipinski definition) is 3. The lowest BCUT2D eigenvalue weighted by Crippen LogP contribution is -2.38. The highest BCUT2D eigenvalue weighted by molar-refractivity contribution is 5.83. The van der Waals surface area contributed by atoms with Crippen LogP contribution in [0.4, 0.5) is 0 Å². The largest absolute Gasteiger partial charge is 0.454 e. The quantitative estimate of drug-likeness (QED) is 0.674. The third kappa shape index (κ3) is 3.40. The highest BCUT2D eigenvalue weighted by Gasteiger charge is 2.25. The van der Waals surface area contributed by atoms with Gasteiger partial charge >= 0.3 is 5.69 Å². The Morgan fingerprint density at radius 2 is 2.17 bits per heavy atom. The van der Waals surface area contributed by atoms with E-state index in [0.717, 1.165) is 5.56 Å². The lowest BCUT2D eigenvalue weighted by atomic mass is 10.0. The molecule has 0 spiro atoms. The molecule has 0 unspecified atom stereocenters. The summed E-state index contributed by atoms with van der Waals surface area (Å²) in [6.07, 6.45) is 0.436. The molecular formula is C15H19N5O4. The van der Waals surface area contributed by atoms with E-state index in [1.807, 2.05) is 31.1 Å². The Bertz CT molecular complexity index is 782. The van der Waals surface area contributed by atoms with Crippen molar-refractivity contribution in [2.24, 2.45) is 0 Å². The van der Waals surface area contributed by atoms with Crippen LogP contribution < -0.4 is 20.5 Å². The van der Waals surface area contributed by atoms with Crippen molar-refractivity contribution in [3.05, 3.63) is 40.1 Å². The number of fused-ring (bicyclic) bond motifs is 1. The van der Waals surface area contributed by atoms with E-state index in [4.69, 9.17) is 9.47 Å². The van der Waals surface area contributed by atoms with Crippen LogP contribution in [0.5, 0.6) is 11.5 Å². The molecule has 0 radical (unpaired) electrons. The summed E-state index contributed by atoms with van der Waals surface area (Å²) in [5.74, 6) is 1.68. The van der Waals surface area contributed by atoms with Crippen LogP contribution in [0.25, 0.3) is 0 Å². The minimum absolute atomic E-state index is 0.142. The summed E-state index contributed by atoms with van der Waals surface area (Å²) in [4.78, 5) is 27.9. The number of likely N-dealkylation sites (N-methyl/N-ethyl adjacent to an activating group) is 1. The Hall–Kier alpha value is -2.81. The minimum Gasteiger partial charge on any atom is -0.454 e. The standard InChI is InChI=1S/C15H19N5O4/c1-20(2)13(9-3-4-10-11(7-9)24-8-23-10)14(21)16-6-5-12-17-15(22)19-18-12/h3-4,7,13H,5-6,8H2,1-2H3,(H,16,21)(H2,17,18,19,22)/t13-/m0/s1. The van der Waals surface area contributed by atoms with E-state index in [0.29, 0.717) is 30.3 Å². The molecule has 9 nitrogen and oxygen atoms in total. The van der Waals surface area contributed by atoms with Gasteiger partial charge in [-0.15, -0.1) is 0 Å². The predicted octanol–water partition coefficient (Wildman–Crippen LogP) is -0.212. The normalized spacial score (nSPS) is 14.0. The number of carbonyl (C=O) groups is 1. The third-order valence-electron chi connectivity index (χ3n) is 3.69. The second-order valence-electron chi connectivity index (χ2n) is 5.64. The molecule has 0 fully saturated rings. The molecule has 1 atom stereocenters. The van der Waals surface area contributed by atoms with E-state index in [9.17, 15) is 9.59 Å². The number of nitrogens with zero attached hydrogens (tertiary/aromatic N) is 2. The van der Waals surface area contributed by atoms with Gasteiger partial charge in [0.1, 0.15) is 11.9 Å². The second-order valence-corrected chi connectivity index (χ2v) is 5.64. The van der Waals surface area contributed by atoms with Crippen LogP contribution >= 0.6 is 0 Å². The SMILES string of the molecule is CN(C)[C@H](C(=O)NCCc1n[nH]c(=O)[nH]1)c1ccc2c(c1)OCO2. The van der Waals surface area contributed by atoms with Crippen LogP contribution in [0.2, 0.25) is 0 Å². The van der Waals surface area contributed by atoms with Crippen LogP contribution in [0.1, 0.15) is 17.4 Å². The van der Waals surface area contributed by atoms with Crippen molar-refractivity contribution in [3.8, 4) is 11.5 Å². The average molecular weight is 333 g/mol.